The fourth-order valence-electron chi connectivity index (χ4n) is 2.43. The lowest BCUT2D eigenvalue weighted by Gasteiger charge is -2.14. The first kappa shape index (κ1) is 19.1. The predicted octanol–water partition coefficient (Wildman–Crippen LogP) is 5.12. The van der Waals surface area contributed by atoms with Gasteiger partial charge in [0, 0.05) is 10.6 Å². The van der Waals surface area contributed by atoms with Gasteiger partial charge in [0.05, 0.1) is 0 Å². The second-order valence-corrected chi connectivity index (χ2v) is 6.21. The van der Waals surface area contributed by atoms with Crippen LogP contribution in [0.15, 0.2) is 42.5 Å². The highest BCUT2D eigenvalue weighted by atomic mass is 35.5. The molecule has 25 heavy (non-hydrogen) atoms. The number of carboxylic acid groups (broad SMARTS) is 1. The maximum absolute atomic E-state index is 10.8. The summed E-state index contributed by atoms with van der Waals surface area (Å²) < 4.78 is 11.2. The summed E-state index contributed by atoms with van der Waals surface area (Å²) in [6.45, 7) is 2.05. The number of carboxylic acids is 1. The molecule has 0 aromatic heterocycles. The molecule has 134 valence electrons. The molecule has 0 unspecified atom stereocenters. The van der Waals surface area contributed by atoms with E-state index >= 15 is 0 Å². The van der Waals surface area contributed by atoms with Crippen molar-refractivity contribution < 1.29 is 19.4 Å². The first-order valence-corrected chi connectivity index (χ1v) is 8.81. The fourth-order valence-corrected chi connectivity index (χ4v) is 2.62. The molecule has 0 radical (unpaired) electrons. The molecule has 2 rings (SSSR count). The first-order chi connectivity index (χ1) is 12.1. The molecule has 5 heteroatoms. The van der Waals surface area contributed by atoms with Crippen molar-refractivity contribution in [1.29, 1.82) is 0 Å². The lowest BCUT2D eigenvalue weighted by atomic mass is 10.1. The van der Waals surface area contributed by atoms with E-state index in [1.807, 2.05) is 36.4 Å². The Balaban J connectivity index is 2.11. The van der Waals surface area contributed by atoms with Crippen molar-refractivity contribution in [3.8, 4) is 11.5 Å². The molecular weight excluding hydrogens is 340 g/mol. The minimum Gasteiger partial charge on any atom is -0.485 e. The van der Waals surface area contributed by atoms with Gasteiger partial charge < -0.3 is 14.6 Å². The molecule has 0 bridgehead atoms. The molecule has 0 aliphatic rings. The molecule has 0 spiro atoms. The van der Waals surface area contributed by atoms with Crippen molar-refractivity contribution in [1.82, 2.24) is 0 Å². The molecule has 0 aliphatic heterocycles. The first-order valence-electron chi connectivity index (χ1n) is 8.44. The van der Waals surface area contributed by atoms with Gasteiger partial charge in [0.1, 0.15) is 6.61 Å². The second-order valence-electron chi connectivity index (χ2n) is 5.80. The van der Waals surface area contributed by atoms with E-state index in [-0.39, 0.29) is 6.61 Å². The Bertz CT molecular complexity index is 700. The lowest BCUT2D eigenvalue weighted by Crippen LogP contribution is -2.10. The number of hydrogen-bond acceptors (Lipinski definition) is 3. The van der Waals surface area contributed by atoms with Crippen LogP contribution in [-0.4, -0.2) is 17.7 Å². The van der Waals surface area contributed by atoms with Gasteiger partial charge in [0.2, 0.25) is 0 Å². The number of aliphatic carboxylic acids is 1. The molecule has 0 saturated carbocycles. The predicted molar refractivity (Wildman–Crippen MR) is 98.6 cm³/mol. The SMILES string of the molecule is CCCCCc1ccc(OCc2ccccc2Cl)c(OCC(=O)O)c1. The molecule has 0 atom stereocenters. The van der Waals surface area contributed by atoms with Crippen molar-refractivity contribution >= 4 is 17.6 Å². The molecule has 0 heterocycles. The Hall–Kier alpha value is -2.20. The van der Waals surface area contributed by atoms with E-state index < -0.39 is 12.6 Å². The van der Waals surface area contributed by atoms with Crippen molar-refractivity contribution in [3.05, 3.63) is 58.6 Å². The van der Waals surface area contributed by atoms with Gasteiger partial charge in [-0.2, -0.15) is 0 Å². The Labute approximate surface area is 153 Å². The molecule has 0 amide bonds. The van der Waals surface area contributed by atoms with Crippen LogP contribution in [0.2, 0.25) is 5.02 Å². The second kappa shape index (κ2) is 9.94. The average Bonchev–Trinajstić information content (AvgIpc) is 2.60. The lowest BCUT2D eigenvalue weighted by molar-refractivity contribution is -0.139. The van der Waals surface area contributed by atoms with E-state index in [4.69, 9.17) is 26.2 Å². The third-order valence-electron chi connectivity index (χ3n) is 3.77. The highest BCUT2D eigenvalue weighted by Crippen LogP contribution is 2.30. The molecular formula is C20H23ClO4. The molecule has 2 aromatic rings. The smallest absolute Gasteiger partial charge is 0.341 e. The molecule has 1 N–H and O–H groups in total. The van der Waals surface area contributed by atoms with Crippen LogP contribution in [0.25, 0.3) is 0 Å². The number of benzene rings is 2. The van der Waals surface area contributed by atoms with Crippen molar-refractivity contribution in [2.75, 3.05) is 6.61 Å². The summed E-state index contributed by atoms with van der Waals surface area (Å²) >= 11 is 6.14. The van der Waals surface area contributed by atoms with Gasteiger partial charge in [-0.3, -0.25) is 0 Å². The van der Waals surface area contributed by atoms with E-state index in [0.29, 0.717) is 16.5 Å². The molecule has 2 aromatic carbocycles. The average molecular weight is 363 g/mol. The summed E-state index contributed by atoms with van der Waals surface area (Å²) in [5.41, 5.74) is 1.97. The quantitative estimate of drug-likeness (QED) is 0.596. The van der Waals surface area contributed by atoms with Crippen LogP contribution in [0, 0.1) is 0 Å². The monoisotopic (exact) mass is 362 g/mol. The van der Waals surface area contributed by atoms with Gasteiger partial charge in [0.15, 0.2) is 18.1 Å². The van der Waals surface area contributed by atoms with Crippen molar-refractivity contribution in [2.45, 2.75) is 39.2 Å². The third kappa shape index (κ3) is 6.31. The van der Waals surface area contributed by atoms with Crippen LogP contribution in [0.4, 0.5) is 0 Å². The van der Waals surface area contributed by atoms with Crippen LogP contribution in [-0.2, 0) is 17.8 Å². The van der Waals surface area contributed by atoms with Gasteiger partial charge in [-0.05, 0) is 36.6 Å². The van der Waals surface area contributed by atoms with E-state index in [9.17, 15) is 4.79 Å². The van der Waals surface area contributed by atoms with Crippen LogP contribution in [0.5, 0.6) is 11.5 Å². The van der Waals surface area contributed by atoms with Crippen molar-refractivity contribution in [3.63, 3.8) is 0 Å². The van der Waals surface area contributed by atoms with Crippen LogP contribution < -0.4 is 9.47 Å². The topological polar surface area (TPSA) is 55.8 Å². The van der Waals surface area contributed by atoms with Crippen LogP contribution in [0.1, 0.15) is 37.3 Å². The van der Waals surface area contributed by atoms with Gasteiger partial charge in [-0.15, -0.1) is 0 Å². The zero-order chi connectivity index (χ0) is 18.1. The Kier molecular flexibility index (Phi) is 7.61. The van der Waals surface area contributed by atoms with Gasteiger partial charge in [-0.1, -0.05) is 55.6 Å². The number of carbonyl (C=O) groups is 1. The van der Waals surface area contributed by atoms with E-state index in [2.05, 4.69) is 6.92 Å². The van der Waals surface area contributed by atoms with Gasteiger partial charge >= 0.3 is 5.97 Å². The summed E-state index contributed by atoms with van der Waals surface area (Å²) in [7, 11) is 0. The number of rotatable bonds is 10. The number of hydrogen-bond donors (Lipinski definition) is 1. The summed E-state index contributed by atoms with van der Waals surface area (Å²) in [4.78, 5) is 10.8. The molecule has 0 fully saturated rings. The summed E-state index contributed by atoms with van der Waals surface area (Å²) in [5.74, 6) is -0.0581. The van der Waals surface area contributed by atoms with Crippen molar-refractivity contribution in [2.24, 2.45) is 0 Å². The molecule has 0 saturated heterocycles. The van der Waals surface area contributed by atoms with Crippen LogP contribution >= 0.6 is 11.6 Å². The number of unbranched alkanes of at least 4 members (excludes halogenated alkanes) is 2. The van der Waals surface area contributed by atoms with E-state index in [1.54, 1.807) is 6.07 Å². The Morgan fingerprint density at radius 3 is 2.60 bits per heavy atom. The Morgan fingerprint density at radius 1 is 1.08 bits per heavy atom. The van der Waals surface area contributed by atoms with E-state index in [1.165, 1.54) is 0 Å². The molecule has 0 aliphatic carbocycles. The number of aryl methyl sites for hydroxylation is 1. The summed E-state index contributed by atoms with van der Waals surface area (Å²) in [6, 6.07) is 13.1. The highest BCUT2D eigenvalue weighted by Gasteiger charge is 2.10. The zero-order valence-electron chi connectivity index (χ0n) is 14.3. The maximum atomic E-state index is 10.8. The number of ether oxygens (including phenoxy) is 2. The maximum Gasteiger partial charge on any atom is 0.341 e. The Morgan fingerprint density at radius 2 is 1.88 bits per heavy atom. The highest BCUT2D eigenvalue weighted by molar-refractivity contribution is 6.31. The van der Waals surface area contributed by atoms with Gasteiger partial charge in [0.25, 0.3) is 0 Å². The minimum atomic E-state index is -1.02. The summed E-state index contributed by atoms with van der Waals surface area (Å²) in [5, 5.41) is 9.50. The van der Waals surface area contributed by atoms with Gasteiger partial charge in [-0.25, -0.2) is 4.79 Å². The van der Waals surface area contributed by atoms with E-state index in [0.717, 1.165) is 36.8 Å². The molecule has 4 nitrogen and oxygen atoms in total. The fraction of sp³-hybridized carbons (Fsp3) is 0.350. The minimum absolute atomic E-state index is 0.290. The zero-order valence-corrected chi connectivity index (χ0v) is 15.1. The largest absolute Gasteiger partial charge is 0.485 e. The summed E-state index contributed by atoms with van der Waals surface area (Å²) in [6.07, 6.45) is 4.34. The third-order valence-corrected chi connectivity index (χ3v) is 4.14. The van der Waals surface area contributed by atoms with Crippen LogP contribution in [0.3, 0.4) is 0 Å². The standard InChI is InChI=1S/C20H23ClO4/c1-2-3-4-7-15-10-11-18(19(12-15)25-14-20(22)23)24-13-16-8-5-6-9-17(16)21/h5-6,8-12H,2-4,7,13-14H2,1H3,(H,22,23). The number of halogens is 1. The normalized spacial score (nSPS) is 10.5.